The summed E-state index contributed by atoms with van der Waals surface area (Å²) in [5, 5.41) is 28.8. The van der Waals surface area contributed by atoms with Crippen LogP contribution in [0.15, 0.2) is 42.0 Å². The topological polar surface area (TPSA) is 196 Å². The van der Waals surface area contributed by atoms with Gasteiger partial charge in [0.1, 0.15) is 18.4 Å². The minimum absolute atomic E-state index is 0.00812. The maximum absolute atomic E-state index is 17.4. The molecule has 4 N–H and O–H groups in total. The number of unbranched alkanes of at least 4 members (excludes halogenated alkanes) is 2. The van der Waals surface area contributed by atoms with Gasteiger partial charge in [-0.25, -0.2) is 4.39 Å². The van der Waals surface area contributed by atoms with E-state index in [0.29, 0.717) is 44.1 Å². The molecule has 2 aliphatic heterocycles. The van der Waals surface area contributed by atoms with E-state index in [-0.39, 0.29) is 73.2 Å². The molecule has 0 radical (unpaired) electrons. The Hall–Kier alpha value is -4.56. The molecule has 14 heteroatoms. The number of halogens is 1. The first-order chi connectivity index (χ1) is 26.0. The third kappa shape index (κ3) is 5.81. The van der Waals surface area contributed by atoms with Crippen LogP contribution in [0.5, 0.6) is 5.75 Å². The summed E-state index contributed by atoms with van der Waals surface area (Å²) in [4.78, 5) is 89.8. The van der Waals surface area contributed by atoms with E-state index in [1.54, 1.807) is 26.8 Å². The molecular weight excluding hydrogens is 713 g/mol. The molecule has 7 rings (SSSR count). The van der Waals surface area contributed by atoms with Crippen molar-refractivity contribution < 1.29 is 52.9 Å². The molecule has 6 aliphatic rings. The number of nitrogens with zero attached hydrogens (tertiary/aromatic N) is 1. The number of allylic oxidation sites excluding steroid dienone is 4. The van der Waals surface area contributed by atoms with E-state index >= 15 is 4.39 Å². The Morgan fingerprint density at radius 1 is 1.04 bits per heavy atom. The molecule has 0 aromatic heterocycles. The molecule has 294 valence electrons. The fourth-order valence-corrected chi connectivity index (χ4v) is 10.8. The van der Waals surface area contributed by atoms with Crippen LogP contribution in [-0.2, 0) is 24.0 Å². The lowest BCUT2D eigenvalue weighted by molar-refractivity contribution is -0.219. The number of hydrogen-bond donors (Lipinski definition) is 4. The molecule has 2 heterocycles. The number of rotatable bonds is 11. The summed E-state index contributed by atoms with van der Waals surface area (Å²) >= 11 is 0. The second-order valence-electron chi connectivity index (χ2n) is 16.7. The lowest BCUT2D eigenvalue weighted by Gasteiger charge is -2.62. The van der Waals surface area contributed by atoms with E-state index in [0.717, 1.165) is 4.90 Å². The zero-order valence-electron chi connectivity index (χ0n) is 31.3. The van der Waals surface area contributed by atoms with Gasteiger partial charge in [0.2, 0.25) is 11.8 Å². The van der Waals surface area contributed by atoms with Crippen LogP contribution in [0.4, 0.5) is 4.39 Å². The van der Waals surface area contributed by atoms with Crippen molar-refractivity contribution in [2.24, 2.45) is 28.6 Å². The summed E-state index contributed by atoms with van der Waals surface area (Å²) in [5.74, 6) is -5.05. The van der Waals surface area contributed by atoms with Gasteiger partial charge in [-0.05, 0) is 88.0 Å². The van der Waals surface area contributed by atoms with Crippen molar-refractivity contribution in [2.45, 2.75) is 108 Å². The van der Waals surface area contributed by atoms with Gasteiger partial charge in [-0.3, -0.25) is 43.8 Å². The monoisotopic (exact) mass is 761 g/mol. The molecule has 1 saturated heterocycles. The zero-order chi connectivity index (χ0) is 39.7. The molecule has 55 heavy (non-hydrogen) atoms. The van der Waals surface area contributed by atoms with Gasteiger partial charge in [-0.15, -0.1) is 0 Å². The van der Waals surface area contributed by atoms with Crippen molar-refractivity contribution >= 4 is 41.1 Å². The van der Waals surface area contributed by atoms with Crippen LogP contribution in [0.2, 0.25) is 0 Å². The second-order valence-corrected chi connectivity index (χ2v) is 16.7. The first-order valence-corrected chi connectivity index (χ1v) is 19.3. The number of hydrogen-bond acceptors (Lipinski definition) is 10. The average molecular weight is 762 g/mol. The number of piperidine rings is 1. The van der Waals surface area contributed by atoms with Gasteiger partial charge in [-0.1, -0.05) is 38.0 Å². The number of nitrogens with one attached hydrogen (secondary N) is 2. The molecule has 1 aromatic rings. The normalized spacial score (nSPS) is 36.4. The number of amides is 5. The summed E-state index contributed by atoms with van der Waals surface area (Å²) in [6, 6.07) is 3.30. The average Bonchev–Trinajstić information content (AvgIpc) is 3.51. The zero-order valence-corrected chi connectivity index (χ0v) is 31.3. The van der Waals surface area contributed by atoms with Crippen molar-refractivity contribution in [2.75, 3.05) is 13.2 Å². The highest BCUT2D eigenvalue weighted by Gasteiger charge is 2.75. The third-order valence-corrected chi connectivity index (χ3v) is 13.8. The molecule has 0 spiro atoms. The Labute approximate surface area is 318 Å². The molecule has 1 aromatic carbocycles. The first kappa shape index (κ1) is 38.7. The van der Waals surface area contributed by atoms with Gasteiger partial charge in [0, 0.05) is 36.1 Å². The van der Waals surface area contributed by atoms with Crippen molar-refractivity contribution in [3.63, 3.8) is 0 Å². The molecular formula is C41H48FN3O10. The number of fused-ring (bicyclic) bond motifs is 6. The minimum atomic E-state index is -2.06. The van der Waals surface area contributed by atoms with E-state index in [4.69, 9.17) is 4.74 Å². The standard InChI is InChI=1S/C41H48FN3O10/c1-22-18-28-27-12-11-23-19-24(46)15-16-38(23,2)40(27,42)31(48)20-39(28,3)41(22,54)37(53)43-17-6-4-5-8-25(47)21-55-30-10-7-9-26-33(30)36(52)45(35(26)51)29-13-14-32(49)44-34(29)50/h7,9-10,15-16,19,22,27-29,31,48,54H,4-6,8,11-14,17-18,20-21H2,1-3H3,(H,43,53)(H,44,49,50)/t22-,27+,28+,29?,31+,38+,39+,40+,41+/m1/s1. The summed E-state index contributed by atoms with van der Waals surface area (Å²) < 4.78 is 23.1. The number of carbonyl (C=O) groups excluding carboxylic acids is 7. The highest BCUT2D eigenvalue weighted by Crippen LogP contribution is 2.70. The Morgan fingerprint density at radius 2 is 1.80 bits per heavy atom. The Morgan fingerprint density at radius 3 is 2.55 bits per heavy atom. The largest absolute Gasteiger partial charge is 0.485 e. The fraction of sp³-hybridized carbons (Fsp3) is 0.585. The van der Waals surface area contributed by atoms with Gasteiger partial charge in [0.05, 0.1) is 17.2 Å². The lowest BCUT2D eigenvalue weighted by Crippen LogP contribution is -2.70. The molecule has 4 aliphatic carbocycles. The molecule has 5 amide bonds. The molecule has 3 saturated carbocycles. The highest BCUT2D eigenvalue weighted by molar-refractivity contribution is 6.24. The summed E-state index contributed by atoms with van der Waals surface area (Å²) in [6.45, 7) is 5.20. The molecule has 1 unspecified atom stereocenters. The number of alkyl halides is 1. The van der Waals surface area contributed by atoms with E-state index < -0.39 is 75.6 Å². The maximum atomic E-state index is 17.4. The van der Waals surface area contributed by atoms with Gasteiger partial charge >= 0.3 is 0 Å². The van der Waals surface area contributed by atoms with E-state index in [1.165, 1.54) is 30.4 Å². The number of ether oxygens (including phenoxy) is 1. The van der Waals surface area contributed by atoms with Gasteiger partial charge in [-0.2, -0.15) is 0 Å². The van der Waals surface area contributed by atoms with Gasteiger partial charge < -0.3 is 20.3 Å². The van der Waals surface area contributed by atoms with E-state index in [2.05, 4.69) is 10.6 Å². The number of aliphatic hydroxyl groups excluding tert-OH is 1. The van der Waals surface area contributed by atoms with Gasteiger partial charge in [0.15, 0.2) is 22.8 Å². The third-order valence-electron chi connectivity index (χ3n) is 13.8. The van der Waals surface area contributed by atoms with Crippen molar-refractivity contribution in [3.8, 4) is 5.75 Å². The number of Topliss-reactive ketones (excluding diaryl/α,β-unsaturated/α-hetero) is 1. The van der Waals surface area contributed by atoms with Crippen LogP contribution in [0.1, 0.15) is 106 Å². The number of aliphatic hydroxyl groups is 2. The quantitative estimate of drug-likeness (QED) is 0.192. The Bertz CT molecular complexity index is 1950. The van der Waals surface area contributed by atoms with Crippen LogP contribution in [0.25, 0.3) is 0 Å². The van der Waals surface area contributed by atoms with Crippen LogP contribution >= 0.6 is 0 Å². The van der Waals surface area contributed by atoms with Gasteiger partial charge in [0.25, 0.3) is 17.7 Å². The molecule has 9 atom stereocenters. The number of imide groups is 2. The molecule has 4 fully saturated rings. The molecule has 13 nitrogen and oxygen atoms in total. The number of benzene rings is 1. The van der Waals surface area contributed by atoms with Crippen LogP contribution in [0, 0.1) is 28.6 Å². The fourth-order valence-electron chi connectivity index (χ4n) is 10.8. The number of ketones is 2. The predicted molar refractivity (Wildman–Crippen MR) is 193 cm³/mol. The summed E-state index contributed by atoms with van der Waals surface area (Å²) in [7, 11) is 0. The predicted octanol–water partition coefficient (Wildman–Crippen LogP) is 3.06. The van der Waals surface area contributed by atoms with Crippen LogP contribution in [0.3, 0.4) is 0 Å². The number of carbonyl (C=O) groups is 7. The van der Waals surface area contributed by atoms with Crippen molar-refractivity contribution in [1.29, 1.82) is 0 Å². The Balaban J connectivity index is 0.896. The van der Waals surface area contributed by atoms with Crippen molar-refractivity contribution in [3.05, 3.63) is 53.1 Å². The van der Waals surface area contributed by atoms with E-state index in [9.17, 15) is 43.8 Å². The van der Waals surface area contributed by atoms with Crippen molar-refractivity contribution in [1.82, 2.24) is 15.5 Å². The first-order valence-electron chi connectivity index (χ1n) is 19.3. The Kier molecular flexibility index (Phi) is 9.76. The summed E-state index contributed by atoms with van der Waals surface area (Å²) in [5.41, 5.74) is -5.47. The highest BCUT2D eigenvalue weighted by atomic mass is 19.1. The maximum Gasteiger partial charge on any atom is 0.266 e. The molecule has 0 bridgehead atoms. The SMILES string of the molecule is C[C@@H]1C[C@H]2[C@@H]3CCC4=CC(=O)C=C[C@]4(C)[C@@]3(F)[C@@H](O)C[C@]2(C)[C@@]1(O)C(=O)NCCCCCC(=O)COc1cccc2c1C(=O)N(C1CCC(=O)NC1=O)C2=O. The smallest absolute Gasteiger partial charge is 0.266 e. The minimum Gasteiger partial charge on any atom is -0.485 e. The summed E-state index contributed by atoms with van der Waals surface area (Å²) in [6.07, 6.45) is 5.90. The lowest BCUT2D eigenvalue weighted by atomic mass is 9.44. The van der Waals surface area contributed by atoms with E-state index in [1.807, 2.05) is 0 Å². The van der Waals surface area contributed by atoms with Crippen LogP contribution < -0.4 is 15.4 Å². The second kappa shape index (κ2) is 13.9. The van der Waals surface area contributed by atoms with Crippen LogP contribution in [-0.4, -0.2) is 92.8 Å².